The Morgan fingerprint density at radius 3 is 2.59 bits per heavy atom. The van der Waals surface area contributed by atoms with Crippen LogP contribution in [0.25, 0.3) is 10.9 Å². The Morgan fingerprint density at radius 2 is 1.93 bits per heavy atom. The summed E-state index contributed by atoms with van der Waals surface area (Å²) in [4.78, 5) is 30.5. The zero-order chi connectivity index (χ0) is 21.2. The number of nitrogens with zero attached hydrogens (tertiary/aromatic N) is 2. The number of likely N-dealkylation sites (tertiary alicyclic amines) is 1. The van der Waals surface area contributed by atoms with Gasteiger partial charge in [0.1, 0.15) is 29.2 Å². The van der Waals surface area contributed by atoms with Crippen LogP contribution in [0.1, 0.15) is 27.2 Å². The first-order valence-corrected chi connectivity index (χ1v) is 9.38. The predicted molar refractivity (Wildman–Crippen MR) is 106 cm³/mol. The van der Waals surface area contributed by atoms with Crippen molar-refractivity contribution in [3.05, 3.63) is 30.5 Å². The molecule has 1 saturated heterocycles. The second-order valence-corrected chi connectivity index (χ2v) is 7.84. The maximum absolute atomic E-state index is 12.6. The molecule has 1 aromatic heterocycles. The quantitative estimate of drug-likeness (QED) is 0.726. The zero-order valence-corrected chi connectivity index (χ0v) is 17.3. The molecule has 0 spiro atoms. The Bertz CT molecular complexity index is 908. The van der Waals surface area contributed by atoms with Crippen molar-refractivity contribution in [3.8, 4) is 11.5 Å². The maximum atomic E-state index is 12.6. The van der Waals surface area contributed by atoms with Gasteiger partial charge in [-0.2, -0.15) is 0 Å². The minimum absolute atomic E-state index is 0.217. The number of carbonyl (C=O) groups excluding carboxylic acids is 2. The molecule has 1 fully saturated rings. The van der Waals surface area contributed by atoms with Gasteiger partial charge in [0.2, 0.25) is 0 Å². The topological polar surface area (TPSA) is 87.2 Å². The third-order valence-electron chi connectivity index (χ3n) is 4.57. The van der Waals surface area contributed by atoms with Gasteiger partial charge in [-0.15, -0.1) is 0 Å². The normalized spacial score (nSPS) is 19.1. The minimum atomic E-state index is -0.756. The monoisotopic (exact) mass is 402 g/mol. The second-order valence-electron chi connectivity index (χ2n) is 7.84. The zero-order valence-electron chi connectivity index (χ0n) is 17.3. The molecule has 29 heavy (non-hydrogen) atoms. The predicted octanol–water partition coefficient (Wildman–Crippen LogP) is 3.17. The molecule has 0 aliphatic carbocycles. The summed E-state index contributed by atoms with van der Waals surface area (Å²) in [6.45, 7) is 5.55. The second kappa shape index (κ2) is 8.14. The first kappa shape index (κ1) is 20.7. The van der Waals surface area contributed by atoms with Crippen LogP contribution in [0.3, 0.4) is 0 Å². The van der Waals surface area contributed by atoms with E-state index >= 15 is 0 Å². The number of pyridine rings is 1. The third kappa shape index (κ3) is 4.70. The van der Waals surface area contributed by atoms with Gasteiger partial charge >= 0.3 is 12.1 Å². The number of hydrogen-bond donors (Lipinski definition) is 0. The Balaban J connectivity index is 1.82. The number of fused-ring (bicyclic) bond motifs is 1. The van der Waals surface area contributed by atoms with Crippen LogP contribution in [0.15, 0.2) is 30.5 Å². The molecule has 0 N–H and O–H groups in total. The van der Waals surface area contributed by atoms with Crippen LogP contribution < -0.4 is 9.47 Å². The van der Waals surface area contributed by atoms with Crippen LogP contribution >= 0.6 is 0 Å². The number of ether oxygens (including phenoxy) is 4. The number of methoxy groups -OCH3 is 2. The molecule has 8 heteroatoms. The number of benzene rings is 1. The van der Waals surface area contributed by atoms with Crippen LogP contribution in [0.5, 0.6) is 11.5 Å². The number of rotatable bonds is 4. The smallest absolute Gasteiger partial charge is 0.411 e. The summed E-state index contributed by atoms with van der Waals surface area (Å²) in [5.41, 5.74) is 0.0604. The lowest BCUT2D eigenvalue weighted by Gasteiger charge is -2.27. The molecule has 1 aliphatic rings. The van der Waals surface area contributed by atoms with Crippen molar-refractivity contribution in [1.82, 2.24) is 9.88 Å². The highest BCUT2D eigenvalue weighted by Gasteiger charge is 2.43. The minimum Gasteiger partial charge on any atom is -0.497 e. The van der Waals surface area contributed by atoms with Crippen molar-refractivity contribution in [2.24, 2.45) is 0 Å². The average molecular weight is 402 g/mol. The molecule has 1 aliphatic heterocycles. The van der Waals surface area contributed by atoms with Crippen LogP contribution in [-0.4, -0.2) is 60.5 Å². The molecule has 2 heterocycles. The van der Waals surface area contributed by atoms with Crippen LogP contribution in [0, 0.1) is 0 Å². The van der Waals surface area contributed by atoms with Crippen LogP contribution in [0.4, 0.5) is 4.79 Å². The first-order chi connectivity index (χ1) is 13.7. The molecule has 2 atom stereocenters. The molecule has 156 valence electrons. The average Bonchev–Trinajstić information content (AvgIpc) is 3.10. The van der Waals surface area contributed by atoms with Gasteiger partial charge in [0, 0.05) is 24.1 Å². The molecule has 0 bridgehead atoms. The van der Waals surface area contributed by atoms with E-state index in [2.05, 4.69) is 4.98 Å². The molecule has 0 radical (unpaired) electrons. The van der Waals surface area contributed by atoms with E-state index in [0.29, 0.717) is 17.9 Å². The van der Waals surface area contributed by atoms with Gasteiger partial charge in [0.15, 0.2) is 0 Å². The summed E-state index contributed by atoms with van der Waals surface area (Å²) in [7, 11) is 2.89. The molecular weight excluding hydrogens is 376 g/mol. The lowest BCUT2D eigenvalue weighted by Crippen LogP contribution is -2.44. The van der Waals surface area contributed by atoms with Crippen molar-refractivity contribution >= 4 is 23.0 Å². The summed E-state index contributed by atoms with van der Waals surface area (Å²) >= 11 is 0. The Hall–Kier alpha value is -3.03. The van der Waals surface area contributed by atoms with E-state index in [1.165, 1.54) is 12.0 Å². The van der Waals surface area contributed by atoms with E-state index in [1.54, 1.807) is 40.1 Å². The van der Waals surface area contributed by atoms with Gasteiger partial charge in [0.25, 0.3) is 0 Å². The van der Waals surface area contributed by atoms with Crippen LogP contribution in [0.2, 0.25) is 0 Å². The fourth-order valence-electron chi connectivity index (χ4n) is 3.28. The van der Waals surface area contributed by atoms with Gasteiger partial charge in [-0.25, -0.2) is 9.59 Å². The molecule has 8 nitrogen and oxygen atoms in total. The van der Waals surface area contributed by atoms with Crippen molar-refractivity contribution in [2.75, 3.05) is 20.8 Å². The largest absolute Gasteiger partial charge is 0.497 e. The number of esters is 1. The van der Waals surface area contributed by atoms with Gasteiger partial charge in [0.05, 0.1) is 26.3 Å². The summed E-state index contributed by atoms with van der Waals surface area (Å²) in [6.07, 6.45) is 1.00. The lowest BCUT2D eigenvalue weighted by atomic mass is 10.1. The van der Waals surface area contributed by atoms with Gasteiger partial charge < -0.3 is 18.9 Å². The lowest BCUT2D eigenvalue weighted by molar-refractivity contribution is -0.145. The number of aromatic nitrogens is 1. The number of hydrogen-bond acceptors (Lipinski definition) is 7. The molecule has 1 amide bonds. The summed E-state index contributed by atoms with van der Waals surface area (Å²) in [5.74, 6) is 0.827. The highest BCUT2D eigenvalue weighted by atomic mass is 16.6. The van der Waals surface area contributed by atoms with Crippen molar-refractivity contribution in [2.45, 2.75) is 44.9 Å². The summed E-state index contributed by atoms with van der Waals surface area (Å²) in [6, 6.07) is 6.53. The Morgan fingerprint density at radius 1 is 1.17 bits per heavy atom. The van der Waals surface area contributed by atoms with Gasteiger partial charge in [-0.05, 0) is 39.0 Å². The molecule has 2 aromatic rings. The summed E-state index contributed by atoms with van der Waals surface area (Å²) < 4.78 is 21.7. The third-order valence-corrected chi connectivity index (χ3v) is 4.57. The van der Waals surface area contributed by atoms with Crippen molar-refractivity contribution in [1.29, 1.82) is 0 Å². The molecule has 0 saturated carbocycles. The molecule has 0 unspecified atom stereocenters. The molecular formula is C21H26N2O6. The molecule has 1 aromatic carbocycles. The van der Waals surface area contributed by atoms with E-state index in [0.717, 1.165) is 10.9 Å². The van der Waals surface area contributed by atoms with Crippen molar-refractivity contribution < 1.29 is 28.5 Å². The number of carbonyl (C=O) groups is 2. The highest BCUT2D eigenvalue weighted by Crippen LogP contribution is 2.31. The maximum Gasteiger partial charge on any atom is 0.411 e. The number of amides is 1. The Kier molecular flexibility index (Phi) is 5.81. The Labute approximate surface area is 169 Å². The van der Waals surface area contributed by atoms with E-state index in [4.69, 9.17) is 18.9 Å². The standard InChI is InChI=1S/C21H26N2O6/c1-21(2,3)29-20(25)23-12-14(11-17(23)19(24)27-5)28-18-8-9-22-16-10-13(26-4)6-7-15(16)18/h6-10,14,17H,11-12H2,1-5H3/t14-,17+/m1/s1. The van der Waals surface area contributed by atoms with E-state index in [-0.39, 0.29) is 12.6 Å². The highest BCUT2D eigenvalue weighted by molar-refractivity contribution is 5.86. The van der Waals surface area contributed by atoms with E-state index < -0.39 is 23.7 Å². The van der Waals surface area contributed by atoms with Crippen molar-refractivity contribution in [3.63, 3.8) is 0 Å². The van der Waals surface area contributed by atoms with Gasteiger partial charge in [-0.1, -0.05) is 0 Å². The SMILES string of the molecule is COC(=O)[C@@H]1C[C@@H](Oc2ccnc3cc(OC)ccc23)CN1C(=O)OC(C)(C)C. The first-order valence-electron chi connectivity index (χ1n) is 9.38. The summed E-state index contributed by atoms with van der Waals surface area (Å²) in [5, 5.41) is 0.818. The fourth-order valence-corrected chi connectivity index (χ4v) is 3.28. The van der Waals surface area contributed by atoms with E-state index in [1.807, 2.05) is 18.2 Å². The van der Waals surface area contributed by atoms with Crippen LogP contribution in [-0.2, 0) is 14.3 Å². The van der Waals surface area contributed by atoms with Gasteiger partial charge in [-0.3, -0.25) is 9.88 Å². The fraction of sp³-hybridized carbons (Fsp3) is 0.476. The molecule has 3 rings (SSSR count). The van der Waals surface area contributed by atoms with E-state index in [9.17, 15) is 9.59 Å².